The number of carboxylic acids is 1. The fourth-order valence-corrected chi connectivity index (χ4v) is 3.70. The second-order valence-corrected chi connectivity index (χ2v) is 7.30. The number of hydrogen-bond acceptors (Lipinski definition) is 5. The lowest BCUT2D eigenvalue weighted by molar-refractivity contribution is -0.135. The maximum Gasteiger partial charge on any atom is 0.307 e. The first-order valence-corrected chi connectivity index (χ1v) is 9.41. The van der Waals surface area contributed by atoms with E-state index in [2.05, 4.69) is 4.98 Å². The van der Waals surface area contributed by atoms with Gasteiger partial charge in [0.25, 0.3) is 0 Å². The fourth-order valence-electron chi connectivity index (χ4n) is 2.72. The van der Waals surface area contributed by atoms with Crippen molar-refractivity contribution in [2.24, 2.45) is 0 Å². The van der Waals surface area contributed by atoms with Crippen LogP contribution in [-0.2, 0) is 4.79 Å². The Labute approximate surface area is 161 Å². The molecular weight excluding hydrogens is 362 g/mol. The highest BCUT2D eigenvalue weighted by atomic mass is 32.1. The average molecular weight is 383 g/mol. The van der Waals surface area contributed by atoms with E-state index in [0.717, 1.165) is 15.8 Å². The standard InChI is InChI=1S/C21H21NO4S/c1-13(2)26-20-14(7-6-9-17(20)25-3)11-15(12-19(23)24)21-22-16-8-4-5-10-18(16)27-21/h4-11,13H,12H2,1-3H3,(H,23,24). The topological polar surface area (TPSA) is 68.7 Å². The minimum absolute atomic E-state index is 0.0428. The summed E-state index contributed by atoms with van der Waals surface area (Å²) in [5.41, 5.74) is 2.25. The number of aliphatic carboxylic acids is 1. The van der Waals surface area contributed by atoms with Crippen LogP contribution in [0.1, 0.15) is 30.8 Å². The Morgan fingerprint density at radius 1 is 1.22 bits per heavy atom. The van der Waals surface area contributed by atoms with Gasteiger partial charge in [-0.25, -0.2) is 4.98 Å². The summed E-state index contributed by atoms with van der Waals surface area (Å²) in [6, 6.07) is 13.3. The number of carbonyl (C=O) groups is 1. The molecule has 0 fully saturated rings. The predicted octanol–water partition coefficient (Wildman–Crippen LogP) is 5.11. The molecule has 1 heterocycles. The van der Waals surface area contributed by atoms with E-state index in [-0.39, 0.29) is 12.5 Å². The van der Waals surface area contributed by atoms with E-state index >= 15 is 0 Å². The molecule has 0 bridgehead atoms. The van der Waals surface area contributed by atoms with Gasteiger partial charge in [0, 0.05) is 5.56 Å². The summed E-state index contributed by atoms with van der Waals surface area (Å²) in [7, 11) is 1.59. The Morgan fingerprint density at radius 2 is 2.00 bits per heavy atom. The van der Waals surface area contributed by atoms with Gasteiger partial charge in [0.1, 0.15) is 5.01 Å². The lowest BCUT2D eigenvalue weighted by Crippen LogP contribution is -2.08. The highest BCUT2D eigenvalue weighted by Gasteiger charge is 2.16. The molecule has 0 atom stereocenters. The maximum absolute atomic E-state index is 11.5. The van der Waals surface area contributed by atoms with Gasteiger partial charge in [0.05, 0.1) is 29.9 Å². The Morgan fingerprint density at radius 3 is 2.67 bits per heavy atom. The molecular formula is C21H21NO4S. The summed E-state index contributed by atoms with van der Waals surface area (Å²) in [5.74, 6) is 0.296. The zero-order valence-electron chi connectivity index (χ0n) is 15.4. The molecule has 0 saturated carbocycles. The molecule has 3 rings (SSSR count). The zero-order chi connectivity index (χ0) is 19.4. The molecule has 6 heteroatoms. The third kappa shape index (κ3) is 4.46. The zero-order valence-corrected chi connectivity index (χ0v) is 16.2. The van der Waals surface area contributed by atoms with Gasteiger partial charge in [0.15, 0.2) is 11.5 Å². The van der Waals surface area contributed by atoms with Gasteiger partial charge in [-0.05, 0) is 43.7 Å². The van der Waals surface area contributed by atoms with E-state index in [9.17, 15) is 9.90 Å². The molecule has 140 valence electrons. The van der Waals surface area contributed by atoms with Crippen molar-refractivity contribution < 1.29 is 19.4 Å². The highest BCUT2D eigenvalue weighted by Crippen LogP contribution is 2.36. The van der Waals surface area contributed by atoms with Crippen LogP contribution in [-0.4, -0.2) is 29.3 Å². The van der Waals surface area contributed by atoms with Gasteiger partial charge in [-0.1, -0.05) is 24.3 Å². The molecule has 0 amide bonds. The average Bonchev–Trinajstić information content (AvgIpc) is 3.06. The SMILES string of the molecule is COc1cccc(C=C(CC(=O)O)c2nc3ccccc3s2)c1OC(C)C. The summed E-state index contributed by atoms with van der Waals surface area (Å²) in [6.45, 7) is 3.87. The summed E-state index contributed by atoms with van der Waals surface area (Å²) in [6.07, 6.45) is 1.66. The number of hydrogen-bond donors (Lipinski definition) is 1. The number of para-hydroxylation sites is 2. The van der Waals surface area contributed by atoms with Crippen LogP contribution in [0.5, 0.6) is 11.5 Å². The largest absolute Gasteiger partial charge is 0.493 e. The van der Waals surface area contributed by atoms with E-state index in [0.29, 0.717) is 22.1 Å². The Kier molecular flexibility index (Phi) is 5.76. The first-order chi connectivity index (χ1) is 13.0. The van der Waals surface area contributed by atoms with Crippen molar-refractivity contribution in [2.75, 3.05) is 7.11 Å². The normalized spacial score (nSPS) is 11.8. The predicted molar refractivity (Wildman–Crippen MR) is 109 cm³/mol. The van der Waals surface area contributed by atoms with E-state index in [1.54, 1.807) is 7.11 Å². The summed E-state index contributed by atoms with van der Waals surface area (Å²) in [5, 5.41) is 10.1. The number of carboxylic acid groups (broad SMARTS) is 1. The van der Waals surface area contributed by atoms with Crippen molar-refractivity contribution in [2.45, 2.75) is 26.4 Å². The van der Waals surface area contributed by atoms with Gasteiger partial charge in [-0.2, -0.15) is 0 Å². The summed E-state index contributed by atoms with van der Waals surface area (Å²) >= 11 is 1.48. The molecule has 0 aliphatic carbocycles. The van der Waals surface area contributed by atoms with Crippen molar-refractivity contribution >= 4 is 39.2 Å². The van der Waals surface area contributed by atoms with Crippen LogP contribution in [0.4, 0.5) is 0 Å². The van der Waals surface area contributed by atoms with Gasteiger partial charge in [-0.3, -0.25) is 4.79 Å². The number of fused-ring (bicyclic) bond motifs is 1. The monoisotopic (exact) mass is 383 g/mol. The Balaban J connectivity index is 2.12. The number of benzene rings is 2. The molecule has 0 aliphatic heterocycles. The third-order valence-electron chi connectivity index (χ3n) is 3.82. The second-order valence-electron chi connectivity index (χ2n) is 6.27. The molecule has 0 saturated heterocycles. The number of methoxy groups -OCH3 is 1. The Hall–Kier alpha value is -2.86. The molecule has 2 aromatic carbocycles. The van der Waals surface area contributed by atoms with E-state index < -0.39 is 5.97 Å². The number of thiazole rings is 1. The lowest BCUT2D eigenvalue weighted by Gasteiger charge is -2.16. The summed E-state index contributed by atoms with van der Waals surface area (Å²) < 4.78 is 12.4. The van der Waals surface area contributed by atoms with E-state index in [1.165, 1.54) is 11.3 Å². The maximum atomic E-state index is 11.5. The number of aromatic nitrogens is 1. The van der Waals surface area contributed by atoms with Gasteiger partial charge in [0.2, 0.25) is 0 Å². The number of nitrogens with zero attached hydrogens (tertiary/aromatic N) is 1. The van der Waals surface area contributed by atoms with Gasteiger partial charge in [-0.15, -0.1) is 11.3 Å². The van der Waals surface area contributed by atoms with E-state index in [1.807, 2.05) is 62.4 Å². The minimum atomic E-state index is -0.908. The number of ether oxygens (including phenoxy) is 2. The molecule has 3 aromatic rings. The van der Waals surface area contributed by atoms with Crippen LogP contribution >= 0.6 is 11.3 Å². The van der Waals surface area contributed by atoms with Crippen LogP contribution in [0.25, 0.3) is 21.9 Å². The van der Waals surface area contributed by atoms with Crippen LogP contribution in [0, 0.1) is 0 Å². The smallest absolute Gasteiger partial charge is 0.307 e. The first kappa shape index (κ1) is 18.9. The molecule has 0 radical (unpaired) electrons. The van der Waals surface area contributed by atoms with Crippen LogP contribution in [0.3, 0.4) is 0 Å². The van der Waals surface area contributed by atoms with Crippen molar-refractivity contribution in [1.29, 1.82) is 0 Å². The van der Waals surface area contributed by atoms with Crippen LogP contribution in [0.15, 0.2) is 42.5 Å². The molecule has 0 unspecified atom stereocenters. The van der Waals surface area contributed by atoms with Crippen LogP contribution in [0.2, 0.25) is 0 Å². The van der Waals surface area contributed by atoms with Crippen molar-refractivity contribution in [3.63, 3.8) is 0 Å². The quantitative estimate of drug-likeness (QED) is 0.614. The van der Waals surface area contributed by atoms with Gasteiger partial charge < -0.3 is 14.6 Å². The summed E-state index contributed by atoms with van der Waals surface area (Å²) in [4.78, 5) is 16.1. The molecule has 0 spiro atoms. The molecule has 1 aromatic heterocycles. The molecule has 5 nitrogen and oxygen atoms in total. The molecule has 27 heavy (non-hydrogen) atoms. The lowest BCUT2D eigenvalue weighted by atomic mass is 10.1. The van der Waals surface area contributed by atoms with Crippen molar-refractivity contribution in [3.8, 4) is 11.5 Å². The fraction of sp³-hybridized carbons (Fsp3) is 0.238. The van der Waals surface area contributed by atoms with E-state index in [4.69, 9.17) is 9.47 Å². The number of rotatable bonds is 7. The second kappa shape index (κ2) is 8.22. The van der Waals surface area contributed by atoms with Crippen molar-refractivity contribution in [3.05, 3.63) is 53.0 Å². The molecule has 1 N–H and O–H groups in total. The van der Waals surface area contributed by atoms with Gasteiger partial charge >= 0.3 is 5.97 Å². The van der Waals surface area contributed by atoms with Crippen molar-refractivity contribution in [1.82, 2.24) is 4.98 Å². The highest BCUT2D eigenvalue weighted by molar-refractivity contribution is 7.19. The molecule has 0 aliphatic rings. The Bertz CT molecular complexity index is 958. The minimum Gasteiger partial charge on any atom is -0.493 e. The van der Waals surface area contributed by atoms with Crippen LogP contribution < -0.4 is 9.47 Å². The third-order valence-corrected chi connectivity index (χ3v) is 4.93. The first-order valence-electron chi connectivity index (χ1n) is 8.60.